The third-order valence-corrected chi connectivity index (χ3v) is 2.17. The van der Waals surface area contributed by atoms with Gasteiger partial charge in [0.25, 0.3) is 0 Å². The molecule has 72 valence electrons. The first kappa shape index (κ1) is 9.86. The van der Waals surface area contributed by atoms with Gasteiger partial charge in [0, 0.05) is 14.2 Å². The minimum atomic E-state index is 0.0909. The molecule has 0 amide bonds. The molecule has 1 atom stereocenters. The predicted octanol–water partition coefficient (Wildman–Crippen LogP) is 2.02. The van der Waals surface area contributed by atoms with E-state index in [9.17, 15) is 0 Å². The fourth-order valence-electron chi connectivity index (χ4n) is 1.20. The zero-order valence-corrected chi connectivity index (χ0v) is 8.29. The topological polar surface area (TPSA) is 47.3 Å². The summed E-state index contributed by atoms with van der Waals surface area (Å²) >= 11 is 0. The minimum absolute atomic E-state index is 0.0909. The number of hydrogen-bond donors (Lipinski definition) is 2. The van der Waals surface area contributed by atoms with Crippen molar-refractivity contribution in [3.8, 4) is 0 Å². The second-order valence-corrected chi connectivity index (χ2v) is 2.97. The van der Waals surface area contributed by atoms with E-state index in [0.29, 0.717) is 0 Å². The van der Waals surface area contributed by atoms with Gasteiger partial charge in [-0.1, -0.05) is 6.07 Å². The summed E-state index contributed by atoms with van der Waals surface area (Å²) in [5.41, 5.74) is 8.61. The molecule has 0 spiro atoms. The van der Waals surface area contributed by atoms with Gasteiger partial charge in [-0.15, -0.1) is 0 Å². The van der Waals surface area contributed by atoms with Crippen molar-refractivity contribution in [1.82, 2.24) is 0 Å². The van der Waals surface area contributed by atoms with Gasteiger partial charge in [0.15, 0.2) is 0 Å². The van der Waals surface area contributed by atoms with E-state index in [1.807, 2.05) is 32.2 Å². The summed E-state index contributed by atoms with van der Waals surface area (Å²) < 4.78 is 5.19. The molecule has 0 saturated heterocycles. The highest BCUT2D eigenvalue weighted by atomic mass is 16.5. The van der Waals surface area contributed by atoms with Crippen molar-refractivity contribution in [2.75, 3.05) is 25.2 Å². The first-order valence-electron chi connectivity index (χ1n) is 4.29. The smallest absolute Gasteiger partial charge is 0.0793 e. The van der Waals surface area contributed by atoms with Crippen LogP contribution in [0, 0.1) is 0 Å². The summed E-state index contributed by atoms with van der Waals surface area (Å²) in [4.78, 5) is 0. The van der Waals surface area contributed by atoms with E-state index in [-0.39, 0.29) is 6.10 Å². The molecule has 1 aromatic rings. The summed E-state index contributed by atoms with van der Waals surface area (Å²) in [6.45, 7) is 1.99. The van der Waals surface area contributed by atoms with Crippen LogP contribution in [0.3, 0.4) is 0 Å². The lowest BCUT2D eigenvalue weighted by molar-refractivity contribution is 0.119. The van der Waals surface area contributed by atoms with Crippen molar-refractivity contribution < 1.29 is 4.74 Å². The van der Waals surface area contributed by atoms with E-state index in [1.165, 1.54) is 0 Å². The van der Waals surface area contributed by atoms with Crippen molar-refractivity contribution in [1.29, 1.82) is 0 Å². The molecule has 0 aromatic heterocycles. The monoisotopic (exact) mass is 180 g/mol. The molecule has 3 heteroatoms. The lowest BCUT2D eigenvalue weighted by Crippen LogP contribution is -2.00. The number of hydrogen-bond acceptors (Lipinski definition) is 3. The Labute approximate surface area is 78.9 Å². The van der Waals surface area contributed by atoms with Crippen LogP contribution in [0.1, 0.15) is 18.6 Å². The van der Waals surface area contributed by atoms with Gasteiger partial charge in [0.05, 0.1) is 17.5 Å². The highest BCUT2D eigenvalue weighted by Crippen LogP contribution is 2.24. The van der Waals surface area contributed by atoms with Crippen LogP contribution in [0.5, 0.6) is 0 Å². The maximum atomic E-state index is 5.81. The number of anilines is 2. The highest BCUT2D eigenvalue weighted by molar-refractivity contribution is 5.66. The fourth-order valence-corrected chi connectivity index (χ4v) is 1.20. The number of nitrogens with one attached hydrogen (secondary N) is 1. The lowest BCUT2D eigenvalue weighted by Gasteiger charge is -2.12. The van der Waals surface area contributed by atoms with E-state index >= 15 is 0 Å². The molecule has 13 heavy (non-hydrogen) atoms. The predicted molar refractivity (Wildman–Crippen MR) is 55.8 cm³/mol. The number of ether oxygens (including phenoxy) is 1. The van der Waals surface area contributed by atoms with Gasteiger partial charge in [0.2, 0.25) is 0 Å². The average molecular weight is 180 g/mol. The lowest BCUT2D eigenvalue weighted by atomic mass is 10.1. The molecule has 0 radical (unpaired) electrons. The van der Waals surface area contributed by atoms with Crippen molar-refractivity contribution in [2.24, 2.45) is 0 Å². The number of nitrogen functional groups attached to an aromatic ring is 1. The van der Waals surface area contributed by atoms with E-state index in [1.54, 1.807) is 7.11 Å². The largest absolute Gasteiger partial charge is 0.397 e. The molecule has 3 N–H and O–H groups in total. The molecule has 1 rings (SSSR count). The van der Waals surface area contributed by atoms with Crippen LogP contribution in [0.2, 0.25) is 0 Å². The van der Waals surface area contributed by atoms with E-state index in [0.717, 1.165) is 16.9 Å². The Morgan fingerprint density at radius 2 is 2.15 bits per heavy atom. The second kappa shape index (κ2) is 4.14. The number of benzene rings is 1. The molecular weight excluding hydrogens is 164 g/mol. The standard InChI is InChI=1S/C10H16N2O/c1-7(13-3)8-4-5-10(12-2)9(11)6-8/h4-7,12H,11H2,1-3H3. The van der Waals surface area contributed by atoms with Crippen LogP contribution in [0.15, 0.2) is 18.2 Å². The van der Waals surface area contributed by atoms with Gasteiger partial charge in [-0.2, -0.15) is 0 Å². The molecule has 0 saturated carbocycles. The third-order valence-electron chi connectivity index (χ3n) is 2.17. The third kappa shape index (κ3) is 2.12. The number of methoxy groups -OCH3 is 1. The summed E-state index contributed by atoms with van der Waals surface area (Å²) in [6, 6.07) is 5.90. The first-order chi connectivity index (χ1) is 6.19. The molecule has 0 bridgehead atoms. The second-order valence-electron chi connectivity index (χ2n) is 2.97. The highest BCUT2D eigenvalue weighted by Gasteiger charge is 2.05. The first-order valence-corrected chi connectivity index (χ1v) is 4.29. The minimum Gasteiger partial charge on any atom is -0.397 e. The van der Waals surface area contributed by atoms with Crippen LogP contribution < -0.4 is 11.1 Å². The summed E-state index contributed by atoms with van der Waals surface area (Å²) in [5.74, 6) is 0. The average Bonchev–Trinajstić information content (AvgIpc) is 2.16. The maximum absolute atomic E-state index is 5.81. The van der Waals surface area contributed by atoms with E-state index in [2.05, 4.69) is 5.32 Å². The Morgan fingerprint density at radius 1 is 1.46 bits per heavy atom. The van der Waals surface area contributed by atoms with Gasteiger partial charge in [-0.05, 0) is 24.6 Å². The summed E-state index contributed by atoms with van der Waals surface area (Å²) in [7, 11) is 3.54. The van der Waals surface area contributed by atoms with Gasteiger partial charge < -0.3 is 15.8 Å². The zero-order valence-electron chi connectivity index (χ0n) is 8.29. The van der Waals surface area contributed by atoms with E-state index < -0.39 is 0 Å². The van der Waals surface area contributed by atoms with Gasteiger partial charge in [0.1, 0.15) is 0 Å². The summed E-state index contributed by atoms with van der Waals surface area (Å²) in [6.07, 6.45) is 0.0909. The molecule has 1 unspecified atom stereocenters. The van der Waals surface area contributed by atoms with Crippen LogP contribution >= 0.6 is 0 Å². The summed E-state index contributed by atoms with van der Waals surface area (Å²) in [5, 5.41) is 3.01. The molecular formula is C10H16N2O. The molecule has 3 nitrogen and oxygen atoms in total. The van der Waals surface area contributed by atoms with E-state index in [4.69, 9.17) is 10.5 Å². The molecule has 0 aliphatic carbocycles. The van der Waals surface area contributed by atoms with Gasteiger partial charge in [-0.3, -0.25) is 0 Å². The van der Waals surface area contributed by atoms with Crippen LogP contribution in [-0.2, 0) is 4.74 Å². The number of rotatable bonds is 3. The Morgan fingerprint density at radius 3 is 2.62 bits per heavy atom. The Hall–Kier alpha value is -1.22. The van der Waals surface area contributed by atoms with Gasteiger partial charge in [-0.25, -0.2) is 0 Å². The maximum Gasteiger partial charge on any atom is 0.0793 e. The van der Waals surface area contributed by atoms with Crippen molar-refractivity contribution >= 4 is 11.4 Å². The van der Waals surface area contributed by atoms with Crippen molar-refractivity contribution in [3.63, 3.8) is 0 Å². The Balaban J connectivity index is 2.95. The number of nitrogens with two attached hydrogens (primary N) is 1. The quantitative estimate of drug-likeness (QED) is 0.699. The Kier molecular flexibility index (Phi) is 3.14. The normalized spacial score (nSPS) is 12.5. The SMILES string of the molecule is CNc1ccc(C(C)OC)cc1N. The van der Waals surface area contributed by atoms with Crippen LogP contribution in [0.4, 0.5) is 11.4 Å². The molecule has 0 aliphatic rings. The van der Waals surface area contributed by atoms with Crippen molar-refractivity contribution in [3.05, 3.63) is 23.8 Å². The Bertz CT molecular complexity index is 286. The van der Waals surface area contributed by atoms with Crippen molar-refractivity contribution in [2.45, 2.75) is 13.0 Å². The fraction of sp³-hybridized carbons (Fsp3) is 0.400. The molecule has 0 heterocycles. The molecule has 0 aliphatic heterocycles. The van der Waals surface area contributed by atoms with Gasteiger partial charge >= 0.3 is 0 Å². The van der Waals surface area contributed by atoms with Crippen LogP contribution in [0.25, 0.3) is 0 Å². The molecule has 1 aromatic carbocycles. The van der Waals surface area contributed by atoms with Crippen LogP contribution in [-0.4, -0.2) is 14.2 Å². The zero-order chi connectivity index (χ0) is 9.84. The molecule has 0 fully saturated rings.